The van der Waals surface area contributed by atoms with Crippen LogP contribution >= 0.6 is 11.3 Å². The van der Waals surface area contributed by atoms with E-state index < -0.39 is 4.92 Å². The summed E-state index contributed by atoms with van der Waals surface area (Å²) in [5.74, 6) is -0.725. The first-order chi connectivity index (χ1) is 11.4. The highest BCUT2D eigenvalue weighted by atomic mass is 32.1. The standard InChI is InChI=1S/C17H13FN2O3S/c1-9-3-5-12(8-14(9)20(22)23)19-17(21)16-10(2)13-7-11(18)4-6-15(13)24-16/h3-8H,1-2H3,(H,19,21). The molecule has 0 saturated carbocycles. The van der Waals surface area contributed by atoms with E-state index in [4.69, 9.17) is 0 Å². The number of aryl methyl sites for hydroxylation is 2. The van der Waals surface area contributed by atoms with Crippen molar-refractivity contribution in [1.29, 1.82) is 0 Å². The van der Waals surface area contributed by atoms with Crippen molar-refractivity contribution in [2.24, 2.45) is 0 Å². The Balaban J connectivity index is 1.94. The Labute approximate surface area is 140 Å². The number of hydrogen-bond donors (Lipinski definition) is 1. The molecule has 0 aliphatic heterocycles. The summed E-state index contributed by atoms with van der Waals surface area (Å²) in [6.45, 7) is 3.39. The van der Waals surface area contributed by atoms with Crippen molar-refractivity contribution in [2.75, 3.05) is 5.32 Å². The van der Waals surface area contributed by atoms with Crippen LogP contribution in [0.4, 0.5) is 15.8 Å². The maximum Gasteiger partial charge on any atom is 0.274 e. The smallest absolute Gasteiger partial charge is 0.274 e. The largest absolute Gasteiger partial charge is 0.321 e. The van der Waals surface area contributed by atoms with E-state index in [0.29, 0.717) is 27.1 Å². The van der Waals surface area contributed by atoms with E-state index in [9.17, 15) is 19.3 Å². The molecule has 1 heterocycles. The summed E-state index contributed by atoms with van der Waals surface area (Å²) in [4.78, 5) is 23.5. The number of nitrogens with zero attached hydrogens (tertiary/aromatic N) is 1. The fraction of sp³-hybridized carbons (Fsp3) is 0.118. The number of amides is 1. The van der Waals surface area contributed by atoms with Gasteiger partial charge in [0, 0.05) is 22.0 Å². The Kier molecular flexibility index (Phi) is 4.02. The number of hydrogen-bond acceptors (Lipinski definition) is 4. The lowest BCUT2D eigenvalue weighted by molar-refractivity contribution is -0.385. The van der Waals surface area contributed by atoms with Crippen molar-refractivity contribution in [3.63, 3.8) is 0 Å². The van der Waals surface area contributed by atoms with Crippen LogP contribution in [0.15, 0.2) is 36.4 Å². The quantitative estimate of drug-likeness (QED) is 0.547. The zero-order valence-electron chi connectivity index (χ0n) is 12.9. The fourth-order valence-corrected chi connectivity index (χ4v) is 3.57. The van der Waals surface area contributed by atoms with Gasteiger partial charge in [0.2, 0.25) is 0 Å². The van der Waals surface area contributed by atoms with Gasteiger partial charge in [-0.2, -0.15) is 0 Å². The van der Waals surface area contributed by atoms with Crippen molar-refractivity contribution < 1.29 is 14.1 Å². The van der Waals surface area contributed by atoms with Crippen LogP contribution in [0.3, 0.4) is 0 Å². The molecule has 0 bridgehead atoms. The zero-order valence-corrected chi connectivity index (χ0v) is 13.7. The van der Waals surface area contributed by atoms with Crippen molar-refractivity contribution in [1.82, 2.24) is 0 Å². The van der Waals surface area contributed by atoms with E-state index >= 15 is 0 Å². The Morgan fingerprint density at radius 1 is 1.21 bits per heavy atom. The molecule has 0 fully saturated rings. The van der Waals surface area contributed by atoms with Gasteiger partial charge in [-0.15, -0.1) is 11.3 Å². The van der Waals surface area contributed by atoms with E-state index in [-0.39, 0.29) is 17.4 Å². The number of nitro benzene ring substituents is 1. The molecule has 1 N–H and O–H groups in total. The average Bonchev–Trinajstić information content (AvgIpc) is 2.86. The number of rotatable bonds is 3. The molecule has 1 aromatic heterocycles. The number of fused-ring (bicyclic) bond motifs is 1. The molecule has 7 heteroatoms. The predicted octanol–water partition coefficient (Wildman–Crippen LogP) is 4.82. The van der Waals surface area contributed by atoms with Gasteiger partial charge in [0.05, 0.1) is 9.80 Å². The monoisotopic (exact) mass is 344 g/mol. The normalized spacial score (nSPS) is 10.8. The second kappa shape index (κ2) is 6.01. The number of carbonyl (C=O) groups excluding carboxylic acids is 1. The summed E-state index contributed by atoms with van der Waals surface area (Å²) in [5, 5.41) is 14.4. The number of benzene rings is 2. The molecule has 2 aromatic carbocycles. The minimum atomic E-state index is -0.488. The maximum atomic E-state index is 13.4. The lowest BCUT2D eigenvalue weighted by Gasteiger charge is -2.05. The van der Waals surface area contributed by atoms with E-state index in [1.54, 1.807) is 32.0 Å². The second-order valence-electron chi connectivity index (χ2n) is 5.41. The molecule has 0 saturated heterocycles. The van der Waals surface area contributed by atoms with E-state index in [2.05, 4.69) is 5.32 Å². The number of thiophene rings is 1. The first-order valence-electron chi connectivity index (χ1n) is 7.12. The minimum absolute atomic E-state index is 0.0528. The van der Waals surface area contributed by atoms with Gasteiger partial charge in [0.25, 0.3) is 11.6 Å². The number of carbonyl (C=O) groups is 1. The highest BCUT2D eigenvalue weighted by Crippen LogP contribution is 2.32. The van der Waals surface area contributed by atoms with Crippen LogP contribution in [0.5, 0.6) is 0 Å². The second-order valence-corrected chi connectivity index (χ2v) is 6.46. The minimum Gasteiger partial charge on any atom is -0.321 e. The van der Waals surface area contributed by atoms with Gasteiger partial charge in [0.1, 0.15) is 5.82 Å². The van der Waals surface area contributed by atoms with Crippen molar-refractivity contribution in [3.8, 4) is 0 Å². The third-order valence-electron chi connectivity index (χ3n) is 3.77. The first kappa shape index (κ1) is 16.1. The summed E-state index contributed by atoms with van der Waals surface area (Å²) in [6.07, 6.45) is 0. The van der Waals surface area contributed by atoms with Crippen LogP contribution in [-0.4, -0.2) is 10.8 Å². The number of anilines is 1. The molecular formula is C17H13FN2O3S. The van der Waals surface area contributed by atoms with Crippen LogP contribution in [0.1, 0.15) is 20.8 Å². The van der Waals surface area contributed by atoms with E-state index in [0.717, 1.165) is 4.70 Å². The van der Waals surface area contributed by atoms with Crippen LogP contribution in [-0.2, 0) is 0 Å². The molecule has 0 aliphatic carbocycles. The van der Waals surface area contributed by atoms with Gasteiger partial charge in [-0.05, 0) is 49.1 Å². The molecule has 3 rings (SSSR count). The lowest BCUT2D eigenvalue weighted by atomic mass is 10.1. The molecule has 0 radical (unpaired) electrons. The van der Waals surface area contributed by atoms with Crippen LogP contribution in [0.2, 0.25) is 0 Å². The van der Waals surface area contributed by atoms with Crippen molar-refractivity contribution >= 4 is 38.7 Å². The first-order valence-corrected chi connectivity index (χ1v) is 7.93. The summed E-state index contributed by atoms with van der Waals surface area (Å²) in [7, 11) is 0. The van der Waals surface area contributed by atoms with Crippen molar-refractivity contribution in [2.45, 2.75) is 13.8 Å². The molecule has 0 spiro atoms. The molecular weight excluding hydrogens is 331 g/mol. The lowest BCUT2D eigenvalue weighted by Crippen LogP contribution is -2.11. The van der Waals surface area contributed by atoms with E-state index in [1.165, 1.54) is 29.5 Å². The fourth-order valence-electron chi connectivity index (χ4n) is 2.48. The SMILES string of the molecule is Cc1ccc(NC(=O)c2sc3ccc(F)cc3c2C)cc1[N+](=O)[O-]. The molecule has 1 amide bonds. The van der Waals surface area contributed by atoms with Gasteiger partial charge in [-0.3, -0.25) is 14.9 Å². The van der Waals surface area contributed by atoms with Crippen LogP contribution in [0, 0.1) is 29.8 Å². The molecule has 5 nitrogen and oxygen atoms in total. The molecule has 0 atom stereocenters. The van der Waals surface area contributed by atoms with Crippen LogP contribution < -0.4 is 5.32 Å². The molecule has 0 aliphatic rings. The van der Waals surface area contributed by atoms with Gasteiger partial charge < -0.3 is 5.32 Å². The molecule has 24 heavy (non-hydrogen) atoms. The van der Waals surface area contributed by atoms with Gasteiger partial charge in [-0.25, -0.2) is 4.39 Å². The summed E-state index contributed by atoms with van der Waals surface area (Å²) < 4.78 is 14.2. The summed E-state index contributed by atoms with van der Waals surface area (Å²) in [5.41, 5.74) is 1.50. The average molecular weight is 344 g/mol. The maximum absolute atomic E-state index is 13.4. The third-order valence-corrected chi connectivity index (χ3v) is 5.04. The van der Waals surface area contributed by atoms with Crippen molar-refractivity contribution in [3.05, 3.63) is 68.3 Å². The number of nitro groups is 1. The molecule has 122 valence electrons. The highest BCUT2D eigenvalue weighted by Gasteiger charge is 2.18. The topological polar surface area (TPSA) is 72.2 Å². The Hall–Kier alpha value is -2.80. The Morgan fingerprint density at radius 2 is 1.96 bits per heavy atom. The van der Waals surface area contributed by atoms with Gasteiger partial charge >= 0.3 is 0 Å². The zero-order chi connectivity index (χ0) is 17.4. The summed E-state index contributed by atoms with van der Waals surface area (Å²) >= 11 is 1.26. The van der Waals surface area contributed by atoms with Crippen LogP contribution in [0.25, 0.3) is 10.1 Å². The predicted molar refractivity (Wildman–Crippen MR) is 92.3 cm³/mol. The third kappa shape index (κ3) is 2.85. The van der Waals surface area contributed by atoms with Gasteiger partial charge in [0.15, 0.2) is 0 Å². The van der Waals surface area contributed by atoms with E-state index in [1.807, 2.05) is 0 Å². The summed E-state index contributed by atoms with van der Waals surface area (Å²) in [6, 6.07) is 8.91. The van der Waals surface area contributed by atoms with Gasteiger partial charge in [-0.1, -0.05) is 6.07 Å². The number of halogens is 1. The Morgan fingerprint density at radius 3 is 2.67 bits per heavy atom. The highest BCUT2D eigenvalue weighted by molar-refractivity contribution is 7.21. The number of nitrogens with one attached hydrogen (secondary N) is 1. The Bertz CT molecular complexity index is 981. The molecule has 3 aromatic rings. The molecule has 0 unspecified atom stereocenters.